The molecule has 3 rings (SSSR count). The Morgan fingerprint density at radius 2 is 1.28 bits per heavy atom. The molecule has 0 unspecified atom stereocenters. The molecule has 2 aromatic rings. The zero-order chi connectivity index (χ0) is 12.4. The molecule has 18 heavy (non-hydrogen) atoms. The Bertz CT molecular complexity index is 548. The number of carbonyl (C=O) groups excluding carboxylic acids is 1. The summed E-state index contributed by atoms with van der Waals surface area (Å²) in [5.74, 6) is -0.0530. The number of carbonyl (C=O) groups is 1. The van der Waals surface area contributed by atoms with Crippen molar-refractivity contribution in [3.63, 3.8) is 0 Å². The summed E-state index contributed by atoms with van der Waals surface area (Å²) in [6.07, 6.45) is 3.53. The Morgan fingerprint density at radius 3 is 1.67 bits per heavy atom. The van der Waals surface area contributed by atoms with Crippen molar-refractivity contribution < 1.29 is 4.79 Å². The molecule has 1 aliphatic heterocycles. The molecule has 1 aliphatic rings. The molecule has 0 aliphatic carbocycles. The van der Waals surface area contributed by atoms with Crippen molar-refractivity contribution >= 4 is 5.91 Å². The Hall–Kier alpha value is -2.35. The van der Waals surface area contributed by atoms with Crippen molar-refractivity contribution in [3.05, 3.63) is 83.9 Å². The van der Waals surface area contributed by atoms with Gasteiger partial charge in [0.2, 0.25) is 5.91 Å². The Balaban J connectivity index is 2.18. The van der Waals surface area contributed by atoms with Crippen LogP contribution in [0.5, 0.6) is 0 Å². The minimum absolute atomic E-state index is 0.0530. The number of nitrogens with one attached hydrogen (secondary N) is 1. The quantitative estimate of drug-likeness (QED) is 0.851. The fourth-order valence-corrected chi connectivity index (χ4v) is 2.38. The first-order chi connectivity index (χ1) is 8.81. The van der Waals surface area contributed by atoms with Gasteiger partial charge in [0.25, 0.3) is 0 Å². The van der Waals surface area contributed by atoms with Crippen LogP contribution in [0.4, 0.5) is 0 Å². The number of hydrogen-bond acceptors (Lipinski definition) is 1. The van der Waals surface area contributed by atoms with E-state index in [0.717, 1.165) is 11.1 Å². The highest BCUT2D eigenvalue weighted by Gasteiger charge is 2.36. The summed E-state index contributed by atoms with van der Waals surface area (Å²) in [6.45, 7) is 0. The van der Waals surface area contributed by atoms with Crippen molar-refractivity contribution in [2.75, 3.05) is 0 Å². The lowest BCUT2D eigenvalue weighted by Crippen LogP contribution is -2.40. The lowest BCUT2D eigenvalue weighted by molar-refractivity contribution is -0.116. The standard InChI is InChI=1S/C16H13NO/c18-15-11-12-16(17-15,13-7-3-1-4-8-13)14-9-5-2-6-10-14/h1-12H,(H,17,18). The van der Waals surface area contributed by atoms with E-state index in [2.05, 4.69) is 5.32 Å². The van der Waals surface area contributed by atoms with E-state index in [1.165, 1.54) is 0 Å². The van der Waals surface area contributed by atoms with Gasteiger partial charge >= 0.3 is 0 Å². The second-order valence-corrected chi connectivity index (χ2v) is 4.36. The molecule has 0 bridgehead atoms. The smallest absolute Gasteiger partial charge is 0.244 e. The Kier molecular flexibility index (Phi) is 2.49. The number of rotatable bonds is 2. The van der Waals surface area contributed by atoms with Gasteiger partial charge in [-0.25, -0.2) is 0 Å². The van der Waals surface area contributed by atoms with Gasteiger partial charge in [-0.05, 0) is 17.2 Å². The maximum atomic E-state index is 11.6. The van der Waals surface area contributed by atoms with Crippen LogP contribution in [0.15, 0.2) is 72.8 Å². The summed E-state index contributed by atoms with van der Waals surface area (Å²) >= 11 is 0. The third-order valence-electron chi connectivity index (χ3n) is 3.26. The first-order valence-electron chi connectivity index (χ1n) is 5.94. The van der Waals surface area contributed by atoms with Crippen LogP contribution in [0.1, 0.15) is 11.1 Å². The molecule has 0 fully saturated rings. The Labute approximate surface area is 106 Å². The molecule has 1 heterocycles. The molecule has 0 aromatic heterocycles. The molecule has 2 heteroatoms. The summed E-state index contributed by atoms with van der Waals surface area (Å²) in [4.78, 5) is 11.6. The third-order valence-corrected chi connectivity index (χ3v) is 3.26. The first kappa shape index (κ1) is 10.8. The highest BCUT2D eigenvalue weighted by molar-refractivity contribution is 5.92. The van der Waals surface area contributed by atoms with Gasteiger partial charge in [-0.15, -0.1) is 0 Å². The first-order valence-corrected chi connectivity index (χ1v) is 5.94. The van der Waals surface area contributed by atoms with Crippen LogP contribution < -0.4 is 5.32 Å². The monoisotopic (exact) mass is 235 g/mol. The lowest BCUT2D eigenvalue weighted by Gasteiger charge is -2.29. The second kappa shape index (κ2) is 4.15. The van der Waals surface area contributed by atoms with Gasteiger partial charge in [0.05, 0.1) is 0 Å². The zero-order valence-corrected chi connectivity index (χ0v) is 9.84. The summed E-state index contributed by atoms with van der Waals surface area (Å²) < 4.78 is 0. The van der Waals surface area contributed by atoms with Crippen molar-refractivity contribution in [2.24, 2.45) is 0 Å². The molecule has 88 valence electrons. The van der Waals surface area contributed by atoms with Gasteiger partial charge < -0.3 is 5.32 Å². The van der Waals surface area contributed by atoms with Crippen molar-refractivity contribution in [3.8, 4) is 0 Å². The largest absolute Gasteiger partial charge is 0.335 e. The average molecular weight is 235 g/mol. The molecular weight excluding hydrogens is 222 g/mol. The van der Waals surface area contributed by atoms with E-state index < -0.39 is 5.54 Å². The lowest BCUT2D eigenvalue weighted by atomic mass is 9.84. The molecule has 0 spiro atoms. The second-order valence-electron chi connectivity index (χ2n) is 4.36. The molecule has 2 nitrogen and oxygen atoms in total. The summed E-state index contributed by atoms with van der Waals surface area (Å²) in [5.41, 5.74) is 1.61. The molecule has 0 radical (unpaired) electrons. The zero-order valence-electron chi connectivity index (χ0n) is 9.84. The number of amides is 1. The fraction of sp³-hybridized carbons (Fsp3) is 0.0625. The highest BCUT2D eigenvalue weighted by Crippen LogP contribution is 2.33. The van der Waals surface area contributed by atoms with E-state index in [-0.39, 0.29) is 5.91 Å². The van der Waals surface area contributed by atoms with Crippen LogP contribution in [0.3, 0.4) is 0 Å². The minimum atomic E-state index is -0.528. The predicted octanol–water partition coefficient (Wildman–Crippen LogP) is 2.62. The molecule has 0 saturated carbocycles. The van der Waals surface area contributed by atoms with Crippen LogP contribution in [-0.4, -0.2) is 5.91 Å². The van der Waals surface area contributed by atoms with Crippen molar-refractivity contribution in [1.82, 2.24) is 5.32 Å². The SMILES string of the molecule is O=C1C=CC(c2ccccc2)(c2ccccc2)N1. The van der Waals surface area contributed by atoms with Crippen LogP contribution in [0.2, 0.25) is 0 Å². The molecular formula is C16H13NO. The van der Waals surface area contributed by atoms with E-state index in [1.807, 2.05) is 66.7 Å². The van der Waals surface area contributed by atoms with Crippen LogP contribution in [0.25, 0.3) is 0 Å². The summed E-state index contributed by atoms with van der Waals surface area (Å²) in [6, 6.07) is 20.0. The average Bonchev–Trinajstić information content (AvgIpc) is 2.84. The van der Waals surface area contributed by atoms with Gasteiger partial charge in [0.15, 0.2) is 0 Å². The molecule has 1 N–H and O–H groups in total. The minimum Gasteiger partial charge on any atom is -0.335 e. The van der Waals surface area contributed by atoms with Gasteiger partial charge in [-0.3, -0.25) is 4.79 Å². The number of benzene rings is 2. The summed E-state index contributed by atoms with van der Waals surface area (Å²) in [7, 11) is 0. The van der Waals surface area contributed by atoms with Gasteiger partial charge in [-0.1, -0.05) is 60.7 Å². The molecule has 2 aromatic carbocycles. The van der Waals surface area contributed by atoms with E-state index in [9.17, 15) is 4.79 Å². The topological polar surface area (TPSA) is 29.1 Å². The fourth-order valence-electron chi connectivity index (χ4n) is 2.38. The third kappa shape index (κ3) is 1.63. The molecule has 0 saturated heterocycles. The van der Waals surface area contributed by atoms with Crippen LogP contribution >= 0.6 is 0 Å². The maximum absolute atomic E-state index is 11.6. The van der Waals surface area contributed by atoms with E-state index in [4.69, 9.17) is 0 Å². The normalized spacial score (nSPS) is 16.6. The van der Waals surface area contributed by atoms with E-state index in [1.54, 1.807) is 6.08 Å². The van der Waals surface area contributed by atoms with Gasteiger partial charge in [-0.2, -0.15) is 0 Å². The van der Waals surface area contributed by atoms with Crippen LogP contribution in [-0.2, 0) is 10.3 Å². The number of hydrogen-bond donors (Lipinski definition) is 1. The van der Waals surface area contributed by atoms with Crippen LogP contribution in [0, 0.1) is 0 Å². The van der Waals surface area contributed by atoms with Gasteiger partial charge in [0, 0.05) is 6.08 Å². The predicted molar refractivity (Wildman–Crippen MR) is 70.9 cm³/mol. The van der Waals surface area contributed by atoms with E-state index in [0.29, 0.717) is 0 Å². The molecule has 0 atom stereocenters. The van der Waals surface area contributed by atoms with Crippen molar-refractivity contribution in [2.45, 2.75) is 5.54 Å². The van der Waals surface area contributed by atoms with Gasteiger partial charge in [0.1, 0.15) is 5.54 Å². The highest BCUT2D eigenvalue weighted by atomic mass is 16.1. The molecule has 1 amide bonds. The summed E-state index contributed by atoms with van der Waals surface area (Å²) in [5, 5.41) is 3.05. The maximum Gasteiger partial charge on any atom is 0.244 e. The Morgan fingerprint density at radius 1 is 0.778 bits per heavy atom. The van der Waals surface area contributed by atoms with E-state index >= 15 is 0 Å². The van der Waals surface area contributed by atoms with Crippen molar-refractivity contribution in [1.29, 1.82) is 0 Å².